The number of rotatable bonds is 3. The highest BCUT2D eigenvalue weighted by molar-refractivity contribution is 5.94. The maximum Gasteiger partial charge on any atom is 0.416 e. The molecule has 7 heteroatoms. The minimum Gasteiger partial charge on any atom is -0.416 e. The van der Waals surface area contributed by atoms with Crippen LogP contribution in [0.15, 0.2) is 52.9 Å². The average molecular weight is 332 g/mol. The normalized spacial score (nSPS) is 11.5. The Morgan fingerprint density at radius 1 is 0.875 bits per heavy atom. The monoisotopic (exact) mass is 332 g/mol. The van der Waals surface area contributed by atoms with Gasteiger partial charge in [0.25, 0.3) is 0 Å². The lowest BCUT2D eigenvalue weighted by Gasteiger charge is -2.05. The number of halogens is 3. The highest BCUT2D eigenvalue weighted by Gasteiger charge is 2.30. The van der Waals surface area contributed by atoms with Crippen molar-refractivity contribution in [2.45, 2.75) is 13.1 Å². The molecule has 122 valence electrons. The largest absolute Gasteiger partial charge is 0.416 e. The van der Waals surface area contributed by atoms with Crippen molar-refractivity contribution in [3.63, 3.8) is 0 Å². The van der Waals surface area contributed by atoms with E-state index in [-0.39, 0.29) is 17.6 Å². The molecule has 4 nitrogen and oxygen atoms in total. The van der Waals surface area contributed by atoms with E-state index in [2.05, 4.69) is 10.2 Å². The lowest BCUT2D eigenvalue weighted by Crippen LogP contribution is -2.03. The molecular formula is C17H11F3N2O2. The Kier molecular flexibility index (Phi) is 3.92. The van der Waals surface area contributed by atoms with Gasteiger partial charge in [0.15, 0.2) is 5.78 Å². The Morgan fingerprint density at radius 3 is 1.75 bits per heavy atom. The summed E-state index contributed by atoms with van der Waals surface area (Å²) in [5, 5.41) is 7.73. The SMILES string of the molecule is CC(=O)c1ccc(-c2nnc(-c3ccc(C(F)(F)F)cc3)o2)cc1. The molecule has 0 aliphatic carbocycles. The lowest BCUT2D eigenvalue weighted by molar-refractivity contribution is -0.137. The Morgan fingerprint density at radius 2 is 1.33 bits per heavy atom. The quantitative estimate of drug-likeness (QED) is 0.657. The molecule has 0 unspecified atom stereocenters. The number of carbonyl (C=O) groups is 1. The van der Waals surface area contributed by atoms with Gasteiger partial charge < -0.3 is 4.42 Å². The molecule has 0 amide bonds. The van der Waals surface area contributed by atoms with Gasteiger partial charge in [-0.15, -0.1) is 10.2 Å². The van der Waals surface area contributed by atoms with Crippen molar-refractivity contribution in [2.75, 3.05) is 0 Å². The second kappa shape index (κ2) is 5.92. The van der Waals surface area contributed by atoms with Crippen LogP contribution in [0, 0.1) is 0 Å². The maximum atomic E-state index is 12.6. The zero-order chi connectivity index (χ0) is 17.3. The van der Waals surface area contributed by atoms with E-state index in [1.165, 1.54) is 19.1 Å². The molecule has 1 aromatic heterocycles. The molecule has 24 heavy (non-hydrogen) atoms. The van der Waals surface area contributed by atoms with Crippen LogP contribution in [0.25, 0.3) is 22.9 Å². The van der Waals surface area contributed by atoms with Crippen molar-refractivity contribution in [3.8, 4) is 22.9 Å². The summed E-state index contributed by atoms with van der Waals surface area (Å²) in [6.45, 7) is 1.46. The summed E-state index contributed by atoms with van der Waals surface area (Å²) in [6, 6.07) is 11.1. The summed E-state index contributed by atoms with van der Waals surface area (Å²) >= 11 is 0. The number of ketones is 1. The van der Waals surface area contributed by atoms with E-state index in [1.54, 1.807) is 24.3 Å². The topological polar surface area (TPSA) is 56.0 Å². The number of alkyl halides is 3. The fourth-order valence-electron chi connectivity index (χ4n) is 2.11. The zero-order valence-electron chi connectivity index (χ0n) is 12.5. The number of hydrogen-bond acceptors (Lipinski definition) is 4. The van der Waals surface area contributed by atoms with Gasteiger partial charge in [0.1, 0.15) is 0 Å². The van der Waals surface area contributed by atoms with Gasteiger partial charge in [-0.25, -0.2) is 0 Å². The third-order valence-electron chi connectivity index (χ3n) is 3.42. The molecule has 3 rings (SSSR count). The zero-order valence-corrected chi connectivity index (χ0v) is 12.5. The van der Waals surface area contributed by atoms with Crippen molar-refractivity contribution in [2.24, 2.45) is 0 Å². The second-order valence-corrected chi connectivity index (χ2v) is 5.12. The Labute approximate surface area is 135 Å². The van der Waals surface area contributed by atoms with E-state index >= 15 is 0 Å². The number of hydrogen-bond donors (Lipinski definition) is 0. The first-order valence-electron chi connectivity index (χ1n) is 6.97. The molecule has 0 radical (unpaired) electrons. The van der Waals surface area contributed by atoms with E-state index in [4.69, 9.17) is 4.42 Å². The van der Waals surface area contributed by atoms with Gasteiger partial charge in [0.2, 0.25) is 11.8 Å². The number of benzene rings is 2. The fourth-order valence-corrected chi connectivity index (χ4v) is 2.11. The molecule has 3 aromatic rings. The predicted octanol–water partition coefficient (Wildman–Crippen LogP) is 4.63. The molecule has 0 bridgehead atoms. The molecule has 1 heterocycles. The third-order valence-corrected chi connectivity index (χ3v) is 3.42. The first kappa shape index (κ1) is 15.9. The predicted molar refractivity (Wildman–Crippen MR) is 80.2 cm³/mol. The van der Waals surface area contributed by atoms with Crippen molar-refractivity contribution in [3.05, 3.63) is 59.7 Å². The van der Waals surface area contributed by atoms with E-state index in [0.29, 0.717) is 16.7 Å². The van der Waals surface area contributed by atoms with Gasteiger partial charge in [-0.3, -0.25) is 4.79 Å². The molecule has 0 saturated heterocycles. The molecule has 0 aliphatic heterocycles. The number of aromatic nitrogens is 2. The molecule has 0 fully saturated rings. The number of carbonyl (C=O) groups excluding carboxylic acids is 1. The van der Waals surface area contributed by atoms with Crippen LogP contribution in [0.1, 0.15) is 22.8 Å². The van der Waals surface area contributed by atoms with E-state index < -0.39 is 11.7 Å². The standard InChI is InChI=1S/C17H11F3N2O2/c1-10(23)11-2-4-12(5-3-11)15-21-22-16(24-15)13-6-8-14(9-7-13)17(18,19)20/h2-9H,1H3. The van der Waals surface area contributed by atoms with Crippen LogP contribution in [0.2, 0.25) is 0 Å². The summed E-state index contributed by atoms with van der Waals surface area (Å²) in [6.07, 6.45) is -4.39. The van der Waals surface area contributed by atoms with Gasteiger partial charge in [-0.05, 0) is 43.3 Å². The van der Waals surface area contributed by atoms with Crippen LogP contribution in [0.4, 0.5) is 13.2 Å². The summed E-state index contributed by atoms with van der Waals surface area (Å²) in [5.41, 5.74) is 0.819. The van der Waals surface area contributed by atoms with Gasteiger partial charge >= 0.3 is 6.18 Å². The van der Waals surface area contributed by atoms with Gasteiger partial charge in [0, 0.05) is 16.7 Å². The van der Waals surface area contributed by atoms with Crippen molar-refractivity contribution >= 4 is 5.78 Å². The lowest BCUT2D eigenvalue weighted by atomic mass is 10.1. The van der Waals surface area contributed by atoms with Crippen LogP contribution < -0.4 is 0 Å². The highest BCUT2D eigenvalue weighted by atomic mass is 19.4. The summed E-state index contributed by atoms with van der Waals surface area (Å²) in [4.78, 5) is 11.2. The van der Waals surface area contributed by atoms with Crippen molar-refractivity contribution < 1.29 is 22.4 Å². The Hall–Kier alpha value is -2.96. The Bertz CT molecular complexity index is 866. The van der Waals surface area contributed by atoms with Gasteiger partial charge in [-0.2, -0.15) is 13.2 Å². The maximum absolute atomic E-state index is 12.6. The van der Waals surface area contributed by atoms with Crippen molar-refractivity contribution in [1.29, 1.82) is 0 Å². The minimum atomic E-state index is -4.39. The molecular weight excluding hydrogens is 321 g/mol. The van der Waals surface area contributed by atoms with Gasteiger partial charge in [0.05, 0.1) is 5.56 Å². The van der Waals surface area contributed by atoms with E-state index in [1.807, 2.05) is 0 Å². The van der Waals surface area contributed by atoms with Crippen LogP contribution in [-0.4, -0.2) is 16.0 Å². The smallest absolute Gasteiger partial charge is 0.416 e. The van der Waals surface area contributed by atoms with Crippen LogP contribution in [0.5, 0.6) is 0 Å². The summed E-state index contributed by atoms with van der Waals surface area (Å²) in [5.74, 6) is 0.284. The highest BCUT2D eigenvalue weighted by Crippen LogP contribution is 2.31. The second-order valence-electron chi connectivity index (χ2n) is 5.12. The molecule has 0 aliphatic rings. The molecule has 2 aromatic carbocycles. The van der Waals surface area contributed by atoms with Crippen LogP contribution >= 0.6 is 0 Å². The molecule has 0 atom stereocenters. The number of nitrogens with zero attached hydrogens (tertiary/aromatic N) is 2. The molecule has 0 spiro atoms. The Balaban J connectivity index is 1.86. The minimum absolute atomic E-state index is 0.0578. The van der Waals surface area contributed by atoms with Crippen LogP contribution in [-0.2, 0) is 6.18 Å². The van der Waals surface area contributed by atoms with Crippen LogP contribution in [0.3, 0.4) is 0 Å². The first-order chi connectivity index (χ1) is 11.3. The third kappa shape index (κ3) is 3.19. The van der Waals surface area contributed by atoms with E-state index in [9.17, 15) is 18.0 Å². The fraction of sp³-hybridized carbons (Fsp3) is 0.118. The number of Topliss-reactive ketones (excluding diaryl/α,β-unsaturated/α-hetero) is 1. The first-order valence-corrected chi connectivity index (χ1v) is 6.97. The van der Waals surface area contributed by atoms with Crippen molar-refractivity contribution in [1.82, 2.24) is 10.2 Å². The summed E-state index contributed by atoms with van der Waals surface area (Å²) in [7, 11) is 0. The summed E-state index contributed by atoms with van der Waals surface area (Å²) < 4.78 is 43.2. The van der Waals surface area contributed by atoms with Gasteiger partial charge in [-0.1, -0.05) is 12.1 Å². The average Bonchev–Trinajstić information content (AvgIpc) is 3.04. The molecule has 0 saturated carbocycles. The van der Waals surface area contributed by atoms with E-state index in [0.717, 1.165) is 12.1 Å². The molecule has 0 N–H and O–H groups in total.